The molecule has 0 aliphatic carbocycles. The third-order valence-electron chi connectivity index (χ3n) is 2.66. The van der Waals surface area contributed by atoms with Crippen molar-refractivity contribution in [2.75, 3.05) is 0 Å². The summed E-state index contributed by atoms with van der Waals surface area (Å²) in [5, 5.41) is 0. The molecule has 2 nitrogen and oxygen atoms in total. The van der Waals surface area contributed by atoms with Crippen LogP contribution in [0, 0.1) is 0 Å². The topological polar surface area (TPSA) is 22.0 Å². The molecule has 0 aliphatic rings. The van der Waals surface area contributed by atoms with Crippen LogP contribution in [0.5, 0.6) is 0 Å². The SMILES string of the molecule is C=Cn1c(C(=O)C(F)(F)F)ccc1-c1ccccc1. The Morgan fingerprint density at radius 2 is 1.74 bits per heavy atom. The lowest BCUT2D eigenvalue weighted by Gasteiger charge is -2.09. The van der Waals surface area contributed by atoms with E-state index in [1.165, 1.54) is 12.3 Å². The molecule has 0 fully saturated rings. The highest BCUT2D eigenvalue weighted by atomic mass is 19.4. The van der Waals surface area contributed by atoms with Crippen LogP contribution in [0.2, 0.25) is 0 Å². The van der Waals surface area contributed by atoms with E-state index in [1.54, 1.807) is 30.3 Å². The van der Waals surface area contributed by atoms with Gasteiger partial charge in [-0.05, 0) is 17.7 Å². The lowest BCUT2D eigenvalue weighted by atomic mass is 10.1. The van der Waals surface area contributed by atoms with Crippen LogP contribution in [-0.4, -0.2) is 16.5 Å². The summed E-state index contributed by atoms with van der Waals surface area (Å²) in [6.45, 7) is 3.46. The quantitative estimate of drug-likeness (QED) is 0.769. The second kappa shape index (κ2) is 4.76. The van der Waals surface area contributed by atoms with Crippen LogP contribution >= 0.6 is 0 Å². The summed E-state index contributed by atoms with van der Waals surface area (Å²) in [5.41, 5.74) is 0.758. The zero-order valence-electron chi connectivity index (χ0n) is 9.82. The maximum atomic E-state index is 12.5. The van der Waals surface area contributed by atoms with Gasteiger partial charge in [-0.2, -0.15) is 13.2 Å². The monoisotopic (exact) mass is 265 g/mol. The van der Waals surface area contributed by atoms with Crippen LogP contribution in [-0.2, 0) is 0 Å². The fourth-order valence-corrected chi connectivity index (χ4v) is 1.82. The van der Waals surface area contributed by atoms with Gasteiger partial charge >= 0.3 is 6.18 Å². The molecule has 5 heteroatoms. The first kappa shape index (κ1) is 13.1. The summed E-state index contributed by atoms with van der Waals surface area (Å²) in [6, 6.07) is 11.4. The number of carbonyl (C=O) groups excluding carboxylic acids is 1. The van der Waals surface area contributed by atoms with Crippen molar-refractivity contribution in [2.24, 2.45) is 0 Å². The molecule has 0 aliphatic heterocycles. The summed E-state index contributed by atoms with van der Waals surface area (Å²) in [4.78, 5) is 11.3. The molecular weight excluding hydrogens is 255 g/mol. The van der Waals surface area contributed by atoms with Crippen molar-refractivity contribution in [3.05, 3.63) is 54.7 Å². The molecule has 1 heterocycles. The van der Waals surface area contributed by atoms with Crippen LogP contribution in [0.25, 0.3) is 17.5 Å². The number of ketones is 1. The van der Waals surface area contributed by atoms with E-state index in [9.17, 15) is 18.0 Å². The van der Waals surface area contributed by atoms with Crippen molar-refractivity contribution in [3.63, 3.8) is 0 Å². The van der Waals surface area contributed by atoms with Crippen LogP contribution in [0.4, 0.5) is 13.2 Å². The fraction of sp³-hybridized carbons (Fsp3) is 0.0714. The van der Waals surface area contributed by atoms with Crippen LogP contribution in [0.3, 0.4) is 0 Å². The van der Waals surface area contributed by atoms with E-state index in [-0.39, 0.29) is 0 Å². The molecule has 0 radical (unpaired) electrons. The molecule has 1 aromatic carbocycles. The summed E-state index contributed by atoms with van der Waals surface area (Å²) >= 11 is 0. The van der Waals surface area contributed by atoms with E-state index < -0.39 is 17.7 Å². The van der Waals surface area contributed by atoms with E-state index in [1.807, 2.05) is 0 Å². The minimum atomic E-state index is -4.90. The first-order valence-corrected chi connectivity index (χ1v) is 5.46. The predicted octanol–water partition coefficient (Wildman–Crippen LogP) is 4.00. The number of benzene rings is 1. The molecule has 0 atom stereocenters. The minimum absolute atomic E-state index is 0.443. The number of halogens is 3. The third kappa shape index (κ3) is 2.45. The van der Waals surface area contributed by atoms with E-state index in [0.29, 0.717) is 11.3 Å². The Hall–Kier alpha value is -2.30. The molecule has 98 valence electrons. The normalized spacial score (nSPS) is 11.3. The van der Waals surface area contributed by atoms with Gasteiger partial charge in [-0.15, -0.1) is 0 Å². The standard InChI is InChI=1S/C14H10F3NO/c1-2-18-11(10-6-4-3-5-7-10)8-9-12(18)13(19)14(15,16)17/h2-9H,1H2. The maximum absolute atomic E-state index is 12.5. The molecular formula is C14H10F3NO. The van der Waals surface area contributed by atoms with Crippen molar-refractivity contribution >= 4 is 12.0 Å². The van der Waals surface area contributed by atoms with Gasteiger partial charge in [0.15, 0.2) is 0 Å². The molecule has 0 N–H and O–H groups in total. The van der Waals surface area contributed by atoms with E-state index in [4.69, 9.17) is 0 Å². The Kier molecular flexibility index (Phi) is 3.29. The first-order chi connectivity index (χ1) is 8.95. The lowest BCUT2D eigenvalue weighted by Crippen LogP contribution is -2.24. The molecule has 0 saturated heterocycles. The molecule has 0 saturated carbocycles. The zero-order valence-corrected chi connectivity index (χ0v) is 9.82. The molecule has 0 unspecified atom stereocenters. The molecule has 0 spiro atoms. The van der Waals surface area contributed by atoms with Gasteiger partial charge < -0.3 is 4.57 Å². The van der Waals surface area contributed by atoms with Crippen molar-refractivity contribution in [2.45, 2.75) is 6.18 Å². The Morgan fingerprint density at radius 3 is 2.26 bits per heavy atom. The molecule has 0 bridgehead atoms. The number of carbonyl (C=O) groups is 1. The van der Waals surface area contributed by atoms with Crippen LogP contribution in [0.1, 0.15) is 10.5 Å². The molecule has 0 amide bonds. The third-order valence-corrected chi connectivity index (χ3v) is 2.66. The highest BCUT2D eigenvalue weighted by molar-refractivity contribution is 6.00. The smallest absolute Gasteiger partial charge is 0.314 e. The summed E-state index contributed by atoms with van der Waals surface area (Å²) < 4.78 is 38.5. The summed E-state index contributed by atoms with van der Waals surface area (Å²) in [6.07, 6.45) is -3.70. The summed E-state index contributed by atoms with van der Waals surface area (Å²) in [7, 11) is 0. The number of hydrogen-bond acceptors (Lipinski definition) is 1. The highest BCUT2D eigenvalue weighted by Crippen LogP contribution is 2.27. The van der Waals surface area contributed by atoms with Gasteiger partial charge in [0.2, 0.25) is 0 Å². The zero-order chi connectivity index (χ0) is 14.0. The largest absolute Gasteiger partial charge is 0.456 e. The van der Waals surface area contributed by atoms with E-state index in [2.05, 4.69) is 6.58 Å². The van der Waals surface area contributed by atoms with Gasteiger partial charge in [-0.3, -0.25) is 4.79 Å². The number of rotatable bonds is 3. The van der Waals surface area contributed by atoms with Gasteiger partial charge in [0.05, 0.1) is 11.4 Å². The second-order valence-electron chi connectivity index (χ2n) is 3.85. The molecule has 19 heavy (non-hydrogen) atoms. The van der Waals surface area contributed by atoms with E-state index >= 15 is 0 Å². The molecule has 2 aromatic rings. The van der Waals surface area contributed by atoms with Crippen molar-refractivity contribution in [1.29, 1.82) is 0 Å². The maximum Gasteiger partial charge on any atom is 0.456 e. The van der Waals surface area contributed by atoms with Gasteiger partial charge in [0.1, 0.15) is 0 Å². The first-order valence-electron chi connectivity index (χ1n) is 5.46. The predicted molar refractivity (Wildman–Crippen MR) is 66.6 cm³/mol. The Bertz CT molecular complexity index is 611. The average Bonchev–Trinajstić information content (AvgIpc) is 2.81. The number of aromatic nitrogens is 1. The number of alkyl halides is 3. The van der Waals surface area contributed by atoms with E-state index in [0.717, 1.165) is 10.6 Å². The van der Waals surface area contributed by atoms with Crippen LogP contribution < -0.4 is 0 Å². The van der Waals surface area contributed by atoms with Gasteiger partial charge in [0, 0.05) is 6.20 Å². The van der Waals surface area contributed by atoms with Gasteiger partial charge in [-0.1, -0.05) is 36.9 Å². The van der Waals surface area contributed by atoms with Crippen LogP contribution in [0.15, 0.2) is 49.0 Å². The Labute approximate surface area is 107 Å². The molecule has 2 rings (SSSR count). The number of Topliss-reactive ketones (excluding diaryl/α,β-unsaturated/α-hetero) is 1. The summed E-state index contributed by atoms with van der Waals surface area (Å²) in [5.74, 6) is -1.88. The van der Waals surface area contributed by atoms with Crippen molar-refractivity contribution in [1.82, 2.24) is 4.57 Å². The van der Waals surface area contributed by atoms with Crippen molar-refractivity contribution in [3.8, 4) is 11.3 Å². The Balaban J connectivity index is 2.54. The van der Waals surface area contributed by atoms with Gasteiger partial charge in [0.25, 0.3) is 5.78 Å². The molecule has 1 aromatic heterocycles. The number of nitrogens with zero attached hydrogens (tertiary/aromatic N) is 1. The lowest BCUT2D eigenvalue weighted by molar-refractivity contribution is -0.0889. The average molecular weight is 265 g/mol. The fourth-order valence-electron chi connectivity index (χ4n) is 1.82. The van der Waals surface area contributed by atoms with Crippen molar-refractivity contribution < 1.29 is 18.0 Å². The Morgan fingerprint density at radius 1 is 1.11 bits per heavy atom. The number of hydrogen-bond donors (Lipinski definition) is 0. The van der Waals surface area contributed by atoms with Gasteiger partial charge in [-0.25, -0.2) is 0 Å². The second-order valence-corrected chi connectivity index (χ2v) is 3.85. The highest BCUT2D eigenvalue weighted by Gasteiger charge is 2.41. The minimum Gasteiger partial charge on any atom is -0.314 e.